The number of nitrogens with zero attached hydrogens (tertiary/aromatic N) is 1. The number of fused-ring (bicyclic) bond motifs is 1. The van der Waals surface area contributed by atoms with E-state index in [1.807, 2.05) is 72.8 Å². The summed E-state index contributed by atoms with van der Waals surface area (Å²) in [5, 5.41) is 10.3. The van der Waals surface area contributed by atoms with Crippen LogP contribution in [-0.2, 0) is 16.1 Å². The summed E-state index contributed by atoms with van der Waals surface area (Å²) in [6.45, 7) is 2.14. The molecule has 1 atom stereocenters. The molecule has 1 amide bonds. The van der Waals surface area contributed by atoms with Gasteiger partial charge in [-0.25, -0.2) is 9.78 Å². The zero-order valence-electron chi connectivity index (χ0n) is 16.9. The van der Waals surface area contributed by atoms with E-state index in [9.17, 15) is 9.59 Å². The van der Waals surface area contributed by atoms with Gasteiger partial charge in [-0.3, -0.25) is 4.79 Å². The lowest BCUT2D eigenvalue weighted by Crippen LogP contribution is -2.30. The third kappa shape index (κ3) is 5.26. The van der Waals surface area contributed by atoms with Gasteiger partial charge in [-0.1, -0.05) is 60.7 Å². The highest BCUT2D eigenvalue weighted by atomic mass is 32.1. The van der Waals surface area contributed by atoms with Crippen molar-refractivity contribution in [2.75, 3.05) is 10.6 Å². The Morgan fingerprint density at radius 2 is 1.74 bits per heavy atom. The van der Waals surface area contributed by atoms with Gasteiger partial charge < -0.3 is 15.4 Å². The topological polar surface area (TPSA) is 80.3 Å². The van der Waals surface area contributed by atoms with Crippen LogP contribution < -0.4 is 10.6 Å². The number of carbonyl (C=O) groups excluding carboxylic acids is 2. The fraction of sp³-hybridized carbons (Fsp3) is 0.125. The first kappa shape index (κ1) is 20.6. The molecular weight excluding hydrogens is 410 g/mol. The van der Waals surface area contributed by atoms with Crippen LogP contribution in [0.1, 0.15) is 23.0 Å². The van der Waals surface area contributed by atoms with Crippen molar-refractivity contribution in [2.24, 2.45) is 0 Å². The minimum absolute atomic E-state index is 0.172. The van der Waals surface area contributed by atoms with E-state index < -0.39 is 18.0 Å². The molecule has 1 unspecified atom stereocenters. The number of thiazole rings is 1. The lowest BCUT2D eigenvalue weighted by Gasteiger charge is -2.13. The van der Waals surface area contributed by atoms with E-state index in [4.69, 9.17) is 4.74 Å². The van der Waals surface area contributed by atoms with E-state index in [0.717, 1.165) is 16.3 Å². The van der Waals surface area contributed by atoms with Crippen molar-refractivity contribution in [3.8, 4) is 0 Å². The summed E-state index contributed by atoms with van der Waals surface area (Å²) in [6.07, 6.45) is -0.957. The summed E-state index contributed by atoms with van der Waals surface area (Å²) < 4.78 is 5.30. The van der Waals surface area contributed by atoms with Crippen LogP contribution in [0.25, 0.3) is 10.8 Å². The zero-order valence-corrected chi connectivity index (χ0v) is 17.7. The van der Waals surface area contributed by atoms with Crippen LogP contribution in [0.3, 0.4) is 0 Å². The molecule has 0 saturated carbocycles. The molecule has 2 N–H and O–H groups in total. The molecule has 4 aromatic rings. The van der Waals surface area contributed by atoms with Crippen LogP contribution >= 0.6 is 11.3 Å². The molecule has 1 heterocycles. The molecule has 31 heavy (non-hydrogen) atoms. The quantitative estimate of drug-likeness (QED) is 0.398. The van der Waals surface area contributed by atoms with Gasteiger partial charge in [0, 0.05) is 17.6 Å². The number of aromatic nitrogens is 1. The third-order valence-corrected chi connectivity index (χ3v) is 5.47. The molecule has 0 bridgehead atoms. The van der Waals surface area contributed by atoms with Gasteiger partial charge in [-0.15, -0.1) is 11.3 Å². The van der Waals surface area contributed by atoms with Crippen LogP contribution in [0.5, 0.6) is 0 Å². The van der Waals surface area contributed by atoms with E-state index in [1.54, 1.807) is 5.38 Å². The van der Waals surface area contributed by atoms with Gasteiger partial charge in [0.2, 0.25) is 0 Å². The average molecular weight is 432 g/mol. The summed E-state index contributed by atoms with van der Waals surface area (Å²) in [5.74, 6) is -1.04. The number of nitrogens with one attached hydrogen (secondary N) is 2. The number of benzene rings is 3. The highest BCUT2D eigenvalue weighted by Gasteiger charge is 2.21. The summed E-state index contributed by atoms with van der Waals surface area (Å²) in [7, 11) is 0. The number of amides is 1. The Morgan fingerprint density at radius 1 is 1.00 bits per heavy atom. The number of hydrogen-bond acceptors (Lipinski definition) is 6. The normalized spacial score (nSPS) is 11.6. The zero-order chi connectivity index (χ0) is 21.6. The maximum atomic E-state index is 12.5. The van der Waals surface area contributed by atoms with Crippen molar-refractivity contribution in [3.05, 3.63) is 89.4 Å². The highest BCUT2D eigenvalue weighted by molar-refractivity contribution is 7.13. The molecule has 4 rings (SSSR count). The lowest BCUT2D eigenvalue weighted by molar-refractivity contribution is -0.123. The van der Waals surface area contributed by atoms with Gasteiger partial charge in [0.25, 0.3) is 5.91 Å². The predicted octanol–water partition coefficient (Wildman–Crippen LogP) is 5.09. The largest absolute Gasteiger partial charge is 0.448 e. The minimum atomic E-state index is -0.957. The first-order valence-electron chi connectivity index (χ1n) is 9.82. The molecule has 156 valence electrons. The maximum Gasteiger partial charge on any atom is 0.358 e. The van der Waals surface area contributed by atoms with Gasteiger partial charge >= 0.3 is 5.97 Å². The van der Waals surface area contributed by atoms with Crippen molar-refractivity contribution >= 4 is 44.8 Å². The van der Waals surface area contributed by atoms with Crippen molar-refractivity contribution in [1.82, 2.24) is 4.98 Å². The summed E-state index contributed by atoms with van der Waals surface area (Å²) in [5.41, 5.74) is 1.93. The molecule has 0 aliphatic heterocycles. The molecule has 7 heteroatoms. The first-order valence-corrected chi connectivity index (χ1v) is 10.7. The van der Waals surface area contributed by atoms with Gasteiger partial charge in [0.05, 0.1) is 0 Å². The Bertz CT molecular complexity index is 1210. The Labute approximate surface area is 183 Å². The number of esters is 1. The molecule has 0 fully saturated rings. The Hall–Kier alpha value is -3.71. The molecule has 0 aliphatic carbocycles. The fourth-order valence-electron chi connectivity index (χ4n) is 3.01. The summed E-state index contributed by atoms with van der Waals surface area (Å²) in [6, 6.07) is 23.4. The van der Waals surface area contributed by atoms with Crippen molar-refractivity contribution in [1.29, 1.82) is 0 Å². The second-order valence-electron chi connectivity index (χ2n) is 6.98. The number of rotatable bonds is 7. The molecule has 0 radical (unpaired) electrons. The number of anilines is 2. The molecule has 0 spiro atoms. The SMILES string of the molecule is CC(OC(=O)c1csc(NCc2ccccc2)n1)C(=O)Nc1ccc2ccccc2c1. The highest BCUT2D eigenvalue weighted by Crippen LogP contribution is 2.20. The van der Waals surface area contributed by atoms with Crippen molar-refractivity contribution in [2.45, 2.75) is 19.6 Å². The maximum absolute atomic E-state index is 12.5. The van der Waals surface area contributed by atoms with E-state index >= 15 is 0 Å². The monoisotopic (exact) mass is 431 g/mol. The van der Waals surface area contributed by atoms with Crippen LogP contribution in [0.15, 0.2) is 78.2 Å². The molecule has 6 nitrogen and oxygen atoms in total. The second-order valence-corrected chi connectivity index (χ2v) is 7.83. The summed E-state index contributed by atoms with van der Waals surface area (Å²) >= 11 is 1.31. The Kier molecular flexibility index (Phi) is 6.24. The van der Waals surface area contributed by atoms with Gasteiger partial charge in [-0.2, -0.15) is 0 Å². The molecule has 0 aliphatic rings. The Morgan fingerprint density at radius 3 is 2.55 bits per heavy atom. The van der Waals surface area contributed by atoms with Gasteiger partial charge in [0.1, 0.15) is 0 Å². The second kappa shape index (κ2) is 9.40. The van der Waals surface area contributed by atoms with Crippen LogP contribution in [0.2, 0.25) is 0 Å². The van der Waals surface area contributed by atoms with E-state index in [0.29, 0.717) is 17.4 Å². The lowest BCUT2D eigenvalue weighted by atomic mass is 10.1. The average Bonchev–Trinajstić information content (AvgIpc) is 3.27. The molecule has 0 saturated heterocycles. The molecular formula is C24H21N3O3S. The molecule has 1 aromatic heterocycles. The van der Waals surface area contributed by atoms with E-state index in [-0.39, 0.29) is 5.69 Å². The molecule has 3 aromatic carbocycles. The first-order chi connectivity index (χ1) is 15.1. The standard InChI is InChI=1S/C24H21N3O3S/c1-16(22(28)26-20-12-11-18-9-5-6-10-19(18)13-20)30-23(29)21-15-31-24(27-21)25-14-17-7-3-2-4-8-17/h2-13,15-16H,14H2,1H3,(H,25,27)(H,26,28). The van der Waals surface area contributed by atoms with E-state index in [2.05, 4.69) is 15.6 Å². The number of ether oxygens (including phenoxy) is 1. The van der Waals surface area contributed by atoms with Crippen LogP contribution in [-0.4, -0.2) is 23.0 Å². The predicted molar refractivity (Wildman–Crippen MR) is 123 cm³/mol. The van der Waals surface area contributed by atoms with E-state index in [1.165, 1.54) is 18.3 Å². The number of carbonyl (C=O) groups is 2. The van der Waals surface area contributed by atoms with Gasteiger partial charge in [-0.05, 0) is 35.4 Å². The third-order valence-electron chi connectivity index (χ3n) is 4.67. The smallest absolute Gasteiger partial charge is 0.358 e. The van der Waals surface area contributed by atoms with Crippen LogP contribution in [0.4, 0.5) is 10.8 Å². The Balaban J connectivity index is 1.32. The number of hydrogen-bond donors (Lipinski definition) is 2. The fourth-order valence-corrected chi connectivity index (χ4v) is 3.69. The van der Waals surface area contributed by atoms with Crippen molar-refractivity contribution < 1.29 is 14.3 Å². The summed E-state index contributed by atoms with van der Waals surface area (Å²) in [4.78, 5) is 29.1. The van der Waals surface area contributed by atoms with Gasteiger partial charge in [0.15, 0.2) is 16.9 Å². The minimum Gasteiger partial charge on any atom is -0.448 e. The van der Waals surface area contributed by atoms with Crippen LogP contribution in [0, 0.1) is 0 Å². The van der Waals surface area contributed by atoms with Crippen molar-refractivity contribution in [3.63, 3.8) is 0 Å².